The van der Waals surface area contributed by atoms with Gasteiger partial charge in [0.25, 0.3) is 5.91 Å². The van der Waals surface area contributed by atoms with Crippen LogP contribution in [0.1, 0.15) is 63.4 Å². The van der Waals surface area contributed by atoms with E-state index in [1.165, 1.54) is 11.3 Å². The molecule has 130 valence electrons. The van der Waals surface area contributed by atoms with Crippen LogP contribution in [0, 0.1) is 20.8 Å². The summed E-state index contributed by atoms with van der Waals surface area (Å²) in [6, 6.07) is 0. The van der Waals surface area contributed by atoms with Crippen LogP contribution in [-0.4, -0.2) is 23.1 Å². The third kappa shape index (κ3) is 3.51. The number of hydrogen-bond donors (Lipinski definition) is 1. The van der Waals surface area contributed by atoms with Crippen molar-refractivity contribution >= 4 is 28.2 Å². The molecular weight excluding hydrogens is 328 g/mol. The molecule has 0 aromatic carbocycles. The predicted octanol–water partition coefficient (Wildman–Crippen LogP) is 4.04. The van der Waals surface area contributed by atoms with Crippen molar-refractivity contribution in [1.29, 1.82) is 0 Å². The number of carbonyl (C=O) groups excluding carboxylic acids is 2. The zero-order valence-electron chi connectivity index (χ0n) is 14.8. The summed E-state index contributed by atoms with van der Waals surface area (Å²) in [7, 11) is 0. The minimum atomic E-state index is -0.431. The number of amides is 1. The molecule has 2 heterocycles. The van der Waals surface area contributed by atoms with E-state index >= 15 is 0 Å². The molecule has 0 aliphatic heterocycles. The highest BCUT2D eigenvalue weighted by molar-refractivity contribution is 7.16. The lowest BCUT2D eigenvalue weighted by molar-refractivity contribution is 0.0379. The fourth-order valence-corrected chi connectivity index (χ4v) is 3.39. The standard InChI is InChI=1S/C17H22N2O4S/c1-7-12-14(10(5)23-19-12)15(20)18-16-13(9(4)11(6)24-16)17(21)22-8(2)3/h8H,7H2,1-6H3,(H,18,20). The van der Waals surface area contributed by atoms with Crippen LogP contribution in [0.5, 0.6) is 0 Å². The third-order valence-electron chi connectivity index (χ3n) is 3.65. The highest BCUT2D eigenvalue weighted by Gasteiger charge is 2.25. The van der Waals surface area contributed by atoms with Crippen LogP contribution in [-0.2, 0) is 11.2 Å². The molecule has 6 nitrogen and oxygen atoms in total. The second-order valence-corrected chi connectivity index (χ2v) is 7.03. The van der Waals surface area contributed by atoms with Crippen LogP contribution in [0.2, 0.25) is 0 Å². The van der Waals surface area contributed by atoms with Crippen LogP contribution in [0.3, 0.4) is 0 Å². The van der Waals surface area contributed by atoms with E-state index in [1.807, 2.05) is 20.8 Å². The average molecular weight is 350 g/mol. The van der Waals surface area contributed by atoms with Gasteiger partial charge in [-0.05, 0) is 46.6 Å². The Hall–Kier alpha value is -2.15. The van der Waals surface area contributed by atoms with E-state index in [-0.39, 0.29) is 12.0 Å². The van der Waals surface area contributed by atoms with Crippen LogP contribution >= 0.6 is 11.3 Å². The Morgan fingerprint density at radius 2 is 1.92 bits per heavy atom. The molecular formula is C17H22N2O4S. The minimum Gasteiger partial charge on any atom is -0.459 e. The van der Waals surface area contributed by atoms with Gasteiger partial charge in [-0.15, -0.1) is 11.3 Å². The lowest BCUT2D eigenvalue weighted by atomic mass is 10.1. The fourth-order valence-electron chi connectivity index (χ4n) is 2.35. The van der Waals surface area contributed by atoms with Crippen LogP contribution in [0.4, 0.5) is 5.00 Å². The summed E-state index contributed by atoms with van der Waals surface area (Å²) in [4.78, 5) is 26.0. The largest absolute Gasteiger partial charge is 0.459 e. The number of carbonyl (C=O) groups is 2. The third-order valence-corrected chi connectivity index (χ3v) is 4.78. The summed E-state index contributed by atoms with van der Waals surface area (Å²) >= 11 is 1.36. The summed E-state index contributed by atoms with van der Waals surface area (Å²) in [6.45, 7) is 10.9. The number of aromatic nitrogens is 1. The summed E-state index contributed by atoms with van der Waals surface area (Å²) in [5, 5.41) is 7.20. The molecule has 0 aliphatic rings. The van der Waals surface area contributed by atoms with E-state index in [4.69, 9.17) is 9.26 Å². The normalized spacial score (nSPS) is 11.0. The van der Waals surface area contributed by atoms with Gasteiger partial charge in [0.05, 0.1) is 17.4 Å². The first-order valence-electron chi connectivity index (χ1n) is 7.83. The average Bonchev–Trinajstić information content (AvgIpc) is 2.99. The lowest BCUT2D eigenvalue weighted by Crippen LogP contribution is -2.18. The topological polar surface area (TPSA) is 81.4 Å². The second-order valence-electron chi connectivity index (χ2n) is 5.81. The maximum Gasteiger partial charge on any atom is 0.341 e. The van der Waals surface area contributed by atoms with Gasteiger partial charge in [0, 0.05) is 4.88 Å². The smallest absolute Gasteiger partial charge is 0.341 e. The van der Waals surface area contributed by atoms with Crippen molar-refractivity contribution in [3.63, 3.8) is 0 Å². The Kier molecular flexibility index (Phi) is 5.43. The van der Waals surface area contributed by atoms with Crippen LogP contribution in [0.15, 0.2) is 4.52 Å². The van der Waals surface area contributed by atoms with Crippen molar-refractivity contribution in [3.8, 4) is 0 Å². The van der Waals surface area contributed by atoms with Crippen molar-refractivity contribution in [2.75, 3.05) is 5.32 Å². The van der Waals surface area contributed by atoms with Gasteiger partial charge in [0.1, 0.15) is 16.3 Å². The van der Waals surface area contributed by atoms with Crippen LogP contribution < -0.4 is 5.32 Å². The SMILES string of the molecule is CCc1noc(C)c1C(=O)Nc1sc(C)c(C)c1C(=O)OC(C)C. The number of hydrogen-bond acceptors (Lipinski definition) is 6. The number of thiophene rings is 1. The van der Waals surface area contributed by atoms with Crippen molar-refractivity contribution < 1.29 is 18.8 Å². The molecule has 0 fully saturated rings. The first kappa shape index (κ1) is 18.2. The molecule has 2 aromatic heterocycles. The highest BCUT2D eigenvalue weighted by Crippen LogP contribution is 2.34. The number of ether oxygens (including phenoxy) is 1. The molecule has 1 amide bonds. The number of anilines is 1. The summed E-state index contributed by atoms with van der Waals surface area (Å²) in [5.41, 5.74) is 2.25. The van der Waals surface area contributed by atoms with Crippen molar-refractivity contribution in [3.05, 3.63) is 33.0 Å². The molecule has 0 bridgehead atoms. The molecule has 0 unspecified atom stereocenters. The predicted molar refractivity (Wildman–Crippen MR) is 92.9 cm³/mol. The summed E-state index contributed by atoms with van der Waals surface area (Å²) < 4.78 is 10.4. The molecule has 24 heavy (non-hydrogen) atoms. The van der Waals surface area contributed by atoms with Crippen LogP contribution in [0.25, 0.3) is 0 Å². The van der Waals surface area contributed by atoms with Gasteiger partial charge in [0.15, 0.2) is 0 Å². The first-order chi connectivity index (χ1) is 11.3. The molecule has 2 rings (SSSR count). The van der Waals surface area contributed by atoms with Gasteiger partial charge < -0.3 is 14.6 Å². The Morgan fingerprint density at radius 3 is 2.50 bits per heavy atom. The molecule has 0 spiro atoms. The molecule has 7 heteroatoms. The number of rotatable bonds is 5. The van der Waals surface area contributed by atoms with E-state index in [0.29, 0.717) is 34.0 Å². The minimum absolute atomic E-state index is 0.229. The maximum absolute atomic E-state index is 12.6. The van der Waals surface area contributed by atoms with Gasteiger partial charge in [0.2, 0.25) is 0 Å². The van der Waals surface area contributed by atoms with Gasteiger partial charge in [-0.3, -0.25) is 4.79 Å². The Labute approximate surface area is 145 Å². The van der Waals surface area contributed by atoms with E-state index in [2.05, 4.69) is 10.5 Å². The second kappa shape index (κ2) is 7.17. The lowest BCUT2D eigenvalue weighted by Gasteiger charge is -2.10. The molecule has 0 aliphatic carbocycles. The highest BCUT2D eigenvalue weighted by atomic mass is 32.1. The number of nitrogens with zero attached hydrogens (tertiary/aromatic N) is 1. The van der Waals surface area contributed by atoms with Crippen molar-refractivity contribution in [1.82, 2.24) is 5.16 Å². The molecule has 0 radical (unpaired) electrons. The fraction of sp³-hybridized carbons (Fsp3) is 0.471. The molecule has 0 saturated carbocycles. The van der Waals surface area contributed by atoms with Gasteiger partial charge in [-0.2, -0.15) is 0 Å². The quantitative estimate of drug-likeness (QED) is 0.823. The van der Waals surface area contributed by atoms with Crippen molar-refractivity contribution in [2.45, 2.75) is 54.1 Å². The Balaban J connectivity index is 2.36. The van der Waals surface area contributed by atoms with Gasteiger partial charge in [-0.1, -0.05) is 12.1 Å². The number of nitrogens with one attached hydrogen (secondary N) is 1. The van der Waals surface area contributed by atoms with E-state index in [1.54, 1.807) is 20.8 Å². The van der Waals surface area contributed by atoms with E-state index in [9.17, 15) is 9.59 Å². The van der Waals surface area contributed by atoms with Crippen molar-refractivity contribution in [2.24, 2.45) is 0 Å². The van der Waals surface area contributed by atoms with E-state index in [0.717, 1.165) is 10.4 Å². The zero-order chi connectivity index (χ0) is 18.0. The molecule has 1 N–H and O–H groups in total. The number of esters is 1. The molecule has 2 aromatic rings. The van der Waals surface area contributed by atoms with Gasteiger partial charge in [-0.25, -0.2) is 4.79 Å². The number of aryl methyl sites for hydroxylation is 3. The Morgan fingerprint density at radius 1 is 1.25 bits per heavy atom. The monoisotopic (exact) mass is 350 g/mol. The molecule has 0 atom stereocenters. The van der Waals surface area contributed by atoms with E-state index < -0.39 is 5.97 Å². The first-order valence-corrected chi connectivity index (χ1v) is 8.65. The summed E-state index contributed by atoms with van der Waals surface area (Å²) in [6.07, 6.45) is 0.359. The zero-order valence-corrected chi connectivity index (χ0v) is 15.6. The summed E-state index contributed by atoms with van der Waals surface area (Å²) in [5.74, 6) is -0.300. The van der Waals surface area contributed by atoms with Gasteiger partial charge >= 0.3 is 5.97 Å². The molecule has 0 saturated heterocycles. The Bertz CT molecular complexity index is 774. The maximum atomic E-state index is 12.6.